The van der Waals surface area contributed by atoms with Crippen molar-refractivity contribution in [3.8, 4) is 16.9 Å². The van der Waals surface area contributed by atoms with E-state index in [4.69, 9.17) is 14.2 Å². The van der Waals surface area contributed by atoms with Gasteiger partial charge < -0.3 is 50.8 Å². The van der Waals surface area contributed by atoms with Gasteiger partial charge in [0.25, 0.3) is 0 Å². The average Bonchev–Trinajstić information content (AvgIpc) is 3.41. The summed E-state index contributed by atoms with van der Waals surface area (Å²) >= 11 is 0. The fourth-order valence-corrected chi connectivity index (χ4v) is 8.22. The van der Waals surface area contributed by atoms with Crippen molar-refractivity contribution in [1.29, 1.82) is 0 Å². The lowest BCUT2D eigenvalue weighted by atomic mass is 9.93. The Balaban J connectivity index is 1.19. The minimum atomic E-state index is -1.33. The number of nitrogens with zero attached hydrogens (tertiary/aromatic N) is 1. The number of carbonyl (C=O) groups excluding carboxylic acids is 5. The first kappa shape index (κ1) is 52.2. The third-order valence-corrected chi connectivity index (χ3v) is 12.2. The molecule has 3 atom stereocenters. The summed E-state index contributed by atoms with van der Waals surface area (Å²) in [6.07, 6.45) is -2.72. The molecule has 0 aromatic heterocycles. The van der Waals surface area contributed by atoms with Gasteiger partial charge >= 0.3 is 18.3 Å². The SMILES string of the molecule is Cc1ccc2cc1C[C@@H](C(=O)NCCNC(=O)OCc1ccccc1)NC(=O)[C@H](CCCN(Cc1ccccc1)C(=O)O)NC(=O)[C@@H](NC(=O)OCc1ccccc1)Cc1cc-2ccc1OCc1ccccc1. The minimum Gasteiger partial charge on any atom is -0.489 e. The van der Waals surface area contributed by atoms with Crippen LogP contribution in [0.5, 0.6) is 5.75 Å². The fourth-order valence-electron chi connectivity index (χ4n) is 8.22. The van der Waals surface area contributed by atoms with E-state index in [0.717, 1.165) is 44.5 Å². The molecule has 16 heteroatoms. The van der Waals surface area contributed by atoms with Crippen LogP contribution in [0.15, 0.2) is 158 Å². The van der Waals surface area contributed by atoms with E-state index < -0.39 is 54.1 Å². The van der Waals surface area contributed by atoms with E-state index in [2.05, 4.69) is 26.6 Å². The lowest BCUT2D eigenvalue weighted by Gasteiger charge is -2.27. The Kier molecular flexibility index (Phi) is 19.0. The maximum absolute atomic E-state index is 14.8. The number of rotatable bonds is 18. The molecule has 1 aliphatic rings. The van der Waals surface area contributed by atoms with Gasteiger partial charge in [-0.2, -0.15) is 0 Å². The van der Waals surface area contributed by atoms with Crippen LogP contribution in [0.3, 0.4) is 0 Å². The molecular formula is C57H60N6O10. The molecule has 1 aliphatic heterocycles. The summed E-state index contributed by atoms with van der Waals surface area (Å²) < 4.78 is 17.3. The van der Waals surface area contributed by atoms with Gasteiger partial charge in [-0.25, -0.2) is 14.4 Å². The van der Waals surface area contributed by atoms with Crippen molar-refractivity contribution < 1.29 is 48.1 Å². The molecule has 7 rings (SSSR count). The first-order chi connectivity index (χ1) is 35.5. The van der Waals surface area contributed by atoms with E-state index >= 15 is 0 Å². The number of nitrogens with one attached hydrogen (secondary N) is 5. The van der Waals surface area contributed by atoms with Crippen molar-refractivity contribution in [3.05, 3.63) is 197 Å². The Morgan fingerprint density at radius 1 is 0.616 bits per heavy atom. The largest absolute Gasteiger partial charge is 0.489 e. The molecule has 6 aromatic rings. The van der Waals surface area contributed by atoms with Crippen LogP contribution in [0.25, 0.3) is 11.1 Å². The van der Waals surface area contributed by atoms with Crippen molar-refractivity contribution in [2.24, 2.45) is 0 Å². The summed E-state index contributed by atoms with van der Waals surface area (Å²) in [5, 5.41) is 24.1. The van der Waals surface area contributed by atoms with Crippen LogP contribution >= 0.6 is 0 Å². The van der Waals surface area contributed by atoms with E-state index in [1.165, 1.54) is 4.90 Å². The van der Waals surface area contributed by atoms with Crippen molar-refractivity contribution in [2.75, 3.05) is 19.6 Å². The lowest BCUT2D eigenvalue weighted by Crippen LogP contribution is -2.57. The highest BCUT2D eigenvalue weighted by molar-refractivity contribution is 5.94. The Morgan fingerprint density at radius 3 is 1.78 bits per heavy atom. The molecule has 0 fully saturated rings. The number of hydrogen-bond donors (Lipinski definition) is 6. The van der Waals surface area contributed by atoms with Gasteiger partial charge in [0, 0.05) is 39.0 Å². The Bertz CT molecular complexity index is 2800. The predicted octanol–water partition coefficient (Wildman–Crippen LogP) is 7.61. The number of aryl methyl sites for hydroxylation is 1. The second-order valence-corrected chi connectivity index (χ2v) is 17.6. The van der Waals surface area contributed by atoms with E-state index in [1.54, 1.807) is 12.1 Å². The minimum absolute atomic E-state index is 0.00294. The van der Waals surface area contributed by atoms with Gasteiger partial charge in [-0.3, -0.25) is 14.4 Å². The zero-order valence-electron chi connectivity index (χ0n) is 40.6. The second-order valence-electron chi connectivity index (χ2n) is 17.6. The smallest absolute Gasteiger partial charge is 0.408 e. The zero-order valence-corrected chi connectivity index (χ0v) is 40.6. The maximum Gasteiger partial charge on any atom is 0.408 e. The monoisotopic (exact) mass is 988 g/mol. The van der Waals surface area contributed by atoms with Crippen LogP contribution in [0.1, 0.15) is 51.8 Å². The molecule has 0 unspecified atom stereocenters. The summed E-state index contributed by atoms with van der Waals surface area (Å²) in [5.74, 6) is -1.57. The molecule has 0 spiro atoms. The predicted molar refractivity (Wildman–Crippen MR) is 274 cm³/mol. The van der Waals surface area contributed by atoms with Gasteiger partial charge in [0.15, 0.2) is 0 Å². The van der Waals surface area contributed by atoms with Crippen LogP contribution in [0.4, 0.5) is 14.4 Å². The number of hydrogen-bond acceptors (Lipinski definition) is 9. The third-order valence-electron chi connectivity index (χ3n) is 12.2. The van der Waals surface area contributed by atoms with Crippen LogP contribution in [-0.4, -0.2) is 83.8 Å². The number of ether oxygens (including phenoxy) is 3. The standard InChI is InChI=1S/C57H60N6O10/c1-39-24-25-44-31-46(39)33-49(52(64)58-28-29-59-55(67)72-37-42-19-10-4-11-20-42)61-53(65)48(23-14-30-63(57(69)70)35-40-15-6-2-7-16-40)60-54(66)50(62-56(68)73-38-43-21-12-5-13-22-43)34-47-32-45(44)26-27-51(47)71-36-41-17-8-3-9-18-41/h2-13,15-22,24-27,31-32,48-50H,14,23,28-30,33-38H2,1H3,(H,58,64)(H,59,67)(H,60,66)(H,61,65)(H,62,68)(H,69,70)/t48-,49-,50-/m0/s1. The van der Waals surface area contributed by atoms with Crippen molar-refractivity contribution in [2.45, 2.75) is 77.1 Å². The fraction of sp³-hybridized carbons (Fsp3) is 0.263. The van der Waals surface area contributed by atoms with E-state index in [1.807, 2.05) is 153 Å². The number of fused-ring (bicyclic) bond motifs is 5. The highest BCUT2D eigenvalue weighted by atomic mass is 16.6. The van der Waals surface area contributed by atoms with Gasteiger partial charge in [0.1, 0.15) is 43.7 Å². The summed E-state index contributed by atoms with van der Waals surface area (Å²) in [7, 11) is 0. The number of benzene rings is 6. The zero-order chi connectivity index (χ0) is 51.4. The normalized spacial score (nSPS) is 15.4. The number of carboxylic acid groups (broad SMARTS) is 1. The number of amides is 6. The average molecular weight is 989 g/mol. The van der Waals surface area contributed by atoms with Crippen LogP contribution in [0, 0.1) is 6.92 Å². The summed E-state index contributed by atoms with van der Waals surface area (Å²) in [5.41, 5.74) is 6.92. The molecule has 6 N–H and O–H groups in total. The van der Waals surface area contributed by atoms with Crippen molar-refractivity contribution >= 4 is 36.0 Å². The maximum atomic E-state index is 14.8. The van der Waals surface area contributed by atoms with Crippen molar-refractivity contribution in [3.63, 3.8) is 0 Å². The molecule has 1 heterocycles. The van der Waals surface area contributed by atoms with E-state index in [0.29, 0.717) is 11.3 Å². The highest BCUT2D eigenvalue weighted by Crippen LogP contribution is 2.31. The van der Waals surface area contributed by atoms with E-state index in [-0.39, 0.29) is 71.7 Å². The van der Waals surface area contributed by atoms with Gasteiger partial charge in [0.05, 0.1) is 0 Å². The molecule has 4 bridgehead atoms. The van der Waals surface area contributed by atoms with Crippen LogP contribution < -0.4 is 31.3 Å². The van der Waals surface area contributed by atoms with Crippen LogP contribution in [-0.2, 0) is 63.1 Å². The molecule has 378 valence electrons. The Labute approximate surface area is 424 Å². The molecule has 16 nitrogen and oxygen atoms in total. The van der Waals surface area contributed by atoms with Crippen molar-refractivity contribution in [1.82, 2.24) is 31.5 Å². The lowest BCUT2D eigenvalue weighted by molar-refractivity contribution is -0.132. The molecule has 6 amide bonds. The molecule has 0 aliphatic carbocycles. The van der Waals surface area contributed by atoms with Gasteiger partial charge in [-0.1, -0.05) is 146 Å². The molecule has 0 saturated heterocycles. The topological polar surface area (TPSA) is 214 Å². The summed E-state index contributed by atoms with van der Waals surface area (Å²) in [6.45, 7) is 2.20. The quantitative estimate of drug-likeness (QED) is 0.0464. The Morgan fingerprint density at radius 2 is 1.16 bits per heavy atom. The number of alkyl carbamates (subject to hydrolysis) is 2. The first-order valence-corrected chi connectivity index (χ1v) is 24.2. The molecule has 0 radical (unpaired) electrons. The molecule has 0 saturated carbocycles. The highest BCUT2D eigenvalue weighted by Gasteiger charge is 2.32. The van der Waals surface area contributed by atoms with Gasteiger partial charge in [-0.05, 0) is 82.0 Å². The summed E-state index contributed by atoms with van der Waals surface area (Å²) in [6, 6.07) is 44.5. The first-order valence-electron chi connectivity index (χ1n) is 24.2. The second kappa shape index (κ2) is 26.5. The third kappa shape index (κ3) is 16.2. The van der Waals surface area contributed by atoms with E-state index in [9.17, 15) is 33.9 Å². The Hall–Kier alpha value is -8.66. The van der Waals surface area contributed by atoms with Crippen LogP contribution in [0.2, 0.25) is 0 Å². The summed E-state index contributed by atoms with van der Waals surface area (Å²) in [4.78, 5) is 83.5. The molecule has 6 aromatic carbocycles. The molecule has 73 heavy (non-hydrogen) atoms. The van der Waals surface area contributed by atoms with Gasteiger partial charge in [0.2, 0.25) is 17.7 Å². The van der Waals surface area contributed by atoms with Gasteiger partial charge in [-0.15, -0.1) is 0 Å². The molecular weight excluding hydrogens is 929 g/mol. The number of carbonyl (C=O) groups is 6.